The molecule has 332 valence electrons. The Labute approximate surface area is 399 Å². The molecule has 0 saturated heterocycles. The van der Waals surface area contributed by atoms with Gasteiger partial charge in [-0.1, -0.05) is 148 Å². The fraction of sp³-hybridized carbons (Fsp3) is 0.311. The topological polar surface area (TPSA) is 9.72 Å². The van der Waals surface area contributed by atoms with Gasteiger partial charge in [-0.3, -0.25) is 0 Å². The average Bonchev–Trinajstić information content (AvgIpc) is 3.66. The molecular formula is C61H64BN3S. The fourth-order valence-corrected chi connectivity index (χ4v) is 13.2. The highest BCUT2D eigenvalue weighted by Crippen LogP contribution is 2.61. The van der Waals surface area contributed by atoms with Gasteiger partial charge in [-0.2, -0.15) is 0 Å². The van der Waals surface area contributed by atoms with Crippen molar-refractivity contribution < 1.29 is 0 Å². The van der Waals surface area contributed by atoms with E-state index in [1.165, 1.54) is 79.4 Å². The molecule has 2 atom stereocenters. The molecule has 0 aromatic heterocycles. The van der Waals surface area contributed by atoms with Crippen LogP contribution in [0.5, 0.6) is 0 Å². The molecule has 0 radical (unpaired) electrons. The minimum absolute atomic E-state index is 0.0416. The van der Waals surface area contributed by atoms with Crippen molar-refractivity contribution in [3.63, 3.8) is 0 Å². The average molecular weight is 882 g/mol. The summed E-state index contributed by atoms with van der Waals surface area (Å²) in [5.74, 6) is 0.244. The van der Waals surface area contributed by atoms with E-state index in [0.717, 1.165) is 17.1 Å². The predicted molar refractivity (Wildman–Crippen MR) is 286 cm³/mol. The van der Waals surface area contributed by atoms with Crippen molar-refractivity contribution >= 4 is 74.9 Å². The van der Waals surface area contributed by atoms with Gasteiger partial charge in [0, 0.05) is 62.4 Å². The first-order chi connectivity index (χ1) is 31.4. The Balaban J connectivity index is 1.19. The van der Waals surface area contributed by atoms with Crippen LogP contribution < -0.4 is 25.6 Å². The number of benzene rings is 6. The van der Waals surface area contributed by atoms with Crippen molar-refractivity contribution in [1.82, 2.24) is 0 Å². The van der Waals surface area contributed by atoms with Crippen LogP contribution in [-0.4, -0.2) is 12.0 Å². The van der Waals surface area contributed by atoms with E-state index >= 15 is 0 Å². The van der Waals surface area contributed by atoms with Crippen molar-refractivity contribution in [2.75, 3.05) is 14.7 Å². The summed E-state index contributed by atoms with van der Waals surface area (Å²) < 4.78 is 0. The molecule has 0 N–H and O–H groups in total. The molecule has 3 nitrogen and oxygen atoms in total. The number of fused-ring (bicyclic) bond motifs is 6. The zero-order chi connectivity index (χ0) is 46.1. The highest BCUT2D eigenvalue weighted by Gasteiger charge is 2.53. The summed E-state index contributed by atoms with van der Waals surface area (Å²) in [5, 5.41) is 0.314. The molecule has 66 heavy (non-hydrogen) atoms. The molecule has 1 saturated carbocycles. The normalized spacial score (nSPS) is 20.1. The lowest BCUT2D eigenvalue weighted by Gasteiger charge is -2.48. The number of allylic oxidation sites excluding steroid dienone is 3. The third kappa shape index (κ3) is 6.94. The number of aryl methyl sites for hydroxylation is 1. The number of thioether (sulfide) groups is 1. The van der Waals surface area contributed by atoms with Crippen LogP contribution in [0, 0.1) is 23.7 Å². The molecule has 1 fully saturated rings. The maximum absolute atomic E-state index is 2.74. The number of anilines is 8. The summed E-state index contributed by atoms with van der Waals surface area (Å²) in [6.45, 7) is 26.2. The van der Waals surface area contributed by atoms with Gasteiger partial charge in [0.2, 0.25) is 0 Å². The molecule has 3 aliphatic heterocycles. The van der Waals surface area contributed by atoms with E-state index in [1.807, 2.05) is 0 Å². The van der Waals surface area contributed by atoms with Crippen LogP contribution in [0.25, 0.3) is 0 Å². The summed E-state index contributed by atoms with van der Waals surface area (Å²) in [6.07, 6.45) is 7.88. The molecule has 5 heteroatoms. The van der Waals surface area contributed by atoms with E-state index in [0.29, 0.717) is 5.25 Å². The number of para-hydroxylation sites is 2. The molecule has 0 amide bonds. The van der Waals surface area contributed by atoms with Crippen molar-refractivity contribution in [2.24, 2.45) is 16.7 Å². The SMILES string of the molecule is Cc1cc2c3c(c1)N(c1ccc(C(C)(C)C)cc1)c1cc(N(c4ccccc4)c4ccccc4)ccc1B3C1=C(C3C=C4C(=CC3S1)C(C)(C)CCC4(C)C)N2c1ccc(C(C)(C)C)cc1. The monoisotopic (exact) mass is 881 g/mol. The first-order valence-corrected chi connectivity index (χ1v) is 25.1. The van der Waals surface area contributed by atoms with Crippen molar-refractivity contribution in [1.29, 1.82) is 0 Å². The van der Waals surface area contributed by atoms with Gasteiger partial charge in [0.05, 0.1) is 0 Å². The number of hydrogen-bond donors (Lipinski definition) is 0. The zero-order valence-electron chi connectivity index (χ0n) is 40.8. The molecule has 5 aliphatic rings. The summed E-state index contributed by atoms with van der Waals surface area (Å²) in [7, 11) is 0. The van der Waals surface area contributed by atoms with E-state index in [9.17, 15) is 0 Å². The lowest BCUT2D eigenvalue weighted by molar-refractivity contribution is 0.255. The summed E-state index contributed by atoms with van der Waals surface area (Å²) in [6, 6.07) is 52.9. The highest BCUT2D eigenvalue weighted by atomic mass is 32.2. The lowest BCUT2D eigenvalue weighted by Crippen LogP contribution is -2.55. The molecule has 11 rings (SSSR count). The molecule has 2 aliphatic carbocycles. The molecule has 6 aromatic rings. The quantitative estimate of drug-likeness (QED) is 0.160. The number of hydrogen-bond acceptors (Lipinski definition) is 4. The minimum Gasteiger partial charge on any atom is -0.314 e. The Morgan fingerprint density at radius 1 is 0.561 bits per heavy atom. The highest BCUT2D eigenvalue weighted by molar-refractivity contribution is 8.06. The largest absolute Gasteiger partial charge is 0.314 e. The molecular weight excluding hydrogens is 818 g/mol. The van der Waals surface area contributed by atoms with Crippen LogP contribution >= 0.6 is 11.8 Å². The van der Waals surface area contributed by atoms with Crippen LogP contribution in [0.15, 0.2) is 173 Å². The Morgan fingerprint density at radius 2 is 1.06 bits per heavy atom. The van der Waals surface area contributed by atoms with Crippen molar-refractivity contribution in [3.05, 3.63) is 190 Å². The van der Waals surface area contributed by atoms with Gasteiger partial charge >= 0.3 is 0 Å². The van der Waals surface area contributed by atoms with Gasteiger partial charge < -0.3 is 14.7 Å². The Hall–Kier alpha value is -5.65. The molecule has 3 heterocycles. The first kappa shape index (κ1) is 43.0. The standard InChI is InChI=1S/C61H64BN3S/c1-39-34-52-55-53(35-39)65(45-28-24-41(25-29-45)59(5,6)7)56-47-37-48-49(61(10,11)33-32-60(48,8)9)38-54(47)66-57(56)62(55)50-31-30-46(63(42-18-14-12-15-19-42)43-20-16-13-17-21-43)36-51(50)64(52)44-26-22-40(23-27-44)58(2,3)4/h12-31,34-38,47,54H,32-33H2,1-11H3. The second kappa shape index (κ2) is 15.2. The van der Waals surface area contributed by atoms with E-state index in [4.69, 9.17) is 0 Å². The number of rotatable bonds is 5. The predicted octanol–water partition coefficient (Wildman–Crippen LogP) is 15.8. The van der Waals surface area contributed by atoms with E-state index in [2.05, 4.69) is 254 Å². The zero-order valence-corrected chi connectivity index (χ0v) is 41.6. The van der Waals surface area contributed by atoms with Crippen molar-refractivity contribution in [3.8, 4) is 0 Å². The van der Waals surface area contributed by atoms with Crippen LogP contribution in [-0.2, 0) is 10.8 Å². The van der Waals surface area contributed by atoms with E-state index < -0.39 is 0 Å². The number of nitrogens with zero attached hydrogens (tertiary/aromatic N) is 3. The maximum atomic E-state index is 2.74. The fourth-order valence-electron chi connectivity index (χ4n) is 11.6. The van der Waals surface area contributed by atoms with E-state index in [-0.39, 0.29) is 34.3 Å². The smallest absolute Gasteiger partial charge is 0.259 e. The molecule has 6 aromatic carbocycles. The van der Waals surface area contributed by atoms with Gasteiger partial charge in [0.15, 0.2) is 0 Å². The van der Waals surface area contributed by atoms with Crippen LogP contribution in [0.2, 0.25) is 0 Å². The minimum atomic E-state index is 0.0416. The first-order valence-electron chi connectivity index (χ1n) is 24.2. The van der Waals surface area contributed by atoms with Crippen LogP contribution in [0.4, 0.5) is 45.5 Å². The van der Waals surface area contributed by atoms with Gasteiger partial charge in [-0.05, 0) is 158 Å². The summed E-state index contributed by atoms with van der Waals surface area (Å²) >= 11 is 2.14. The van der Waals surface area contributed by atoms with Gasteiger partial charge in [0.25, 0.3) is 6.71 Å². The van der Waals surface area contributed by atoms with Gasteiger partial charge in [-0.25, -0.2) is 0 Å². The maximum Gasteiger partial charge on any atom is 0.259 e. The summed E-state index contributed by atoms with van der Waals surface area (Å²) in [4.78, 5) is 9.19. The molecule has 0 bridgehead atoms. The molecule has 2 unspecified atom stereocenters. The Morgan fingerprint density at radius 3 is 1.59 bits per heavy atom. The summed E-state index contributed by atoms with van der Waals surface area (Å²) in [5.41, 5.74) is 21.3. The second-order valence-electron chi connectivity index (χ2n) is 23.0. The second-order valence-corrected chi connectivity index (χ2v) is 24.2. The third-order valence-electron chi connectivity index (χ3n) is 15.4. The lowest BCUT2D eigenvalue weighted by atomic mass is 9.36. The Bertz CT molecular complexity index is 2940. The third-order valence-corrected chi connectivity index (χ3v) is 16.8. The van der Waals surface area contributed by atoms with E-state index in [1.54, 1.807) is 11.1 Å². The van der Waals surface area contributed by atoms with Crippen LogP contribution in [0.1, 0.15) is 98.8 Å². The van der Waals surface area contributed by atoms with Gasteiger partial charge in [-0.15, -0.1) is 11.8 Å². The van der Waals surface area contributed by atoms with Crippen molar-refractivity contribution in [2.45, 2.75) is 105 Å². The Kier molecular flexibility index (Phi) is 9.89. The van der Waals surface area contributed by atoms with Crippen LogP contribution in [0.3, 0.4) is 0 Å². The van der Waals surface area contributed by atoms with Gasteiger partial charge in [0.1, 0.15) is 0 Å². The molecule has 0 spiro atoms.